The molecule has 0 saturated heterocycles. The summed E-state index contributed by atoms with van der Waals surface area (Å²) in [6, 6.07) is 1.26. The second kappa shape index (κ2) is 2.75. The summed E-state index contributed by atoms with van der Waals surface area (Å²) in [4.78, 5) is 16.7. The lowest BCUT2D eigenvalue weighted by Crippen LogP contribution is -1.95. The van der Waals surface area contributed by atoms with Crippen LogP contribution >= 0.6 is 0 Å². The fourth-order valence-electron chi connectivity index (χ4n) is 0.647. The lowest BCUT2D eigenvalue weighted by molar-refractivity contribution is 0.0698. The molecule has 0 amide bonds. The summed E-state index contributed by atoms with van der Waals surface area (Å²) in [6.07, 6.45) is 2.49. The van der Waals surface area contributed by atoms with Crippen LogP contribution < -0.4 is 0 Å². The van der Waals surface area contributed by atoms with Crippen molar-refractivity contribution >= 4 is 11.7 Å². The molecule has 1 N–H and O–H groups in total. The molecule has 1 aromatic heterocycles. The largest absolute Gasteiger partial charge is 0.477 e. The number of carboxylic acid groups (broad SMARTS) is 1. The summed E-state index contributed by atoms with van der Waals surface area (Å²) >= 11 is 0. The van der Waals surface area contributed by atoms with Crippen molar-refractivity contribution in [2.24, 2.45) is 0 Å². The van der Waals surface area contributed by atoms with Crippen molar-refractivity contribution in [2.75, 3.05) is 0 Å². The zero-order valence-corrected chi connectivity index (χ0v) is 5.43. The van der Waals surface area contributed by atoms with E-state index in [4.69, 9.17) is 10.5 Å². The molecule has 0 aliphatic rings. The highest BCUT2D eigenvalue weighted by Gasteiger charge is 2.18. The molecule has 1 aromatic rings. The third-order valence-electron chi connectivity index (χ3n) is 1.14. The molecule has 0 fully saturated rings. The van der Waals surface area contributed by atoms with E-state index in [0.29, 0.717) is 0 Å². The molecule has 0 aliphatic carbocycles. The number of aromatic carboxylic acids is 1. The standard InChI is InChI=1S/C6H3N3O2/c7-9-5-3-8-2-1-4(5)6(10)11/h1-3H/p+1. The van der Waals surface area contributed by atoms with E-state index in [9.17, 15) is 4.79 Å². The van der Waals surface area contributed by atoms with Crippen molar-refractivity contribution in [3.05, 3.63) is 29.0 Å². The van der Waals surface area contributed by atoms with Crippen molar-refractivity contribution in [2.45, 2.75) is 0 Å². The minimum Gasteiger partial charge on any atom is -0.477 e. The van der Waals surface area contributed by atoms with E-state index in [0.717, 1.165) is 0 Å². The van der Waals surface area contributed by atoms with E-state index in [-0.39, 0.29) is 11.3 Å². The Bertz CT molecular complexity index is 329. The number of hydrogen-bond acceptors (Lipinski definition) is 3. The van der Waals surface area contributed by atoms with E-state index >= 15 is 0 Å². The first-order valence-corrected chi connectivity index (χ1v) is 2.78. The van der Waals surface area contributed by atoms with Gasteiger partial charge in [0, 0.05) is 6.20 Å². The highest BCUT2D eigenvalue weighted by molar-refractivity contribution is 5.93. The van der Waals surface area contributed by atoms with Gasteiger partial charge >= 0.3 is 11.7 Å². The fraction of sp³-hybridized carbons (Fsp3) is 0. The molecule has 0 aromatic carbocycles. The fourth-order valence-corrected chi connectivity index (χ4v) is 0.647. The molecule has 5 heteroatoms. The molecule has 0 saturated carbocycles. The minimum absolute atomic E-state index is 0.0417. The summed E-state index contributed by atoms with van der Waals surface area (Å²) < 4.78 is 0. The van der Waals surface area contributed by atoms with Gasteiger partial charge in [0.1, 0.15) is 6.20 Å². The molecule has 0 atom stereocenters. The van der Waals surface area contributed by atoms with Crippen LogP contribution in [0.5, 0.6) is 0 Å². The zero-order valence-electron chi connectivity index (χ0n) is 5.43. The summed E-state index contributed by atoms with van der Waals surface area (Å²) in [5.74, 6) is -1.14. The van der Waals surface area contributed by atoms with Crippen LogP contribution in [0.2, 0.25) is 0 Å². The molecule has 5 nitrogen and oxygen atoms in total. The van der Waals surface area contributed by atoms with Gasteiger partial charge < -0.3 is 5.11 Å². The first-order valence-electron chi connectivity index (χ1n) is 2.78. The minimum atomic E-state index is -1.14. The zero-order chi connectivity index (χ0) is 8.27. The Kier molecular flexibility index (Phi) is 1.79. The number of diazo groups is 1. The van der Waals surface area contributed by atoms with Gasteiger partial charge in [-0.2, -0.15) is 0 Å². The van der Waals surface area contributed by atoms with Gasteiger partial charge in [0.2, 0.25) is 5.39 Å². The Hall–Kier alpha value is -1.96. The molecule has 1 rings (SSSR count). The molecule has 11 heavy (non-hydrogen) atoms. The van der Waals surface area contributed by atoms with Crippen molar-refractivity contribution < 1.29 is 9.90 Å². The molecule has 0 aliphatic heterocycles. The van der Waals surface area contributed by atoms with Crippen LogP contribution in [0.3, 0.4) is 0 Å². The van der Waals surface area contributed by atoms with E-state index in [1.54, 1.807) is 0 Å². The number of nitrogens with zero attached hydrogens (tertiary/aromatic N) is 3. The van der Waals surface area contributed by atoms with Gasteiger partial charge in [-0.05, 0) is 6.07 Å². The topological polar surface area (TPSA) is 78.3 Å². The molecular weight excluding hydrogens is 146 g/mol. The Labute approximate surface area is 61.9 Å². The van der Waals surface area contributed by atoms with Gasteiger partial charge in [-0.15, -0.1) is 0 Å². The Morgan fingerprint density at radius 1 is 1.73 bits per heavy atom. The third kappa shape index (κ3) is 1.30. The molecule has 0 radical (unpaired) electrons. The molecule has 0 bridgehead atoms. The monoisotopic (exact) mass is 150 g/mol. The Balaban J connectivity index is 3.26. The quantitative estimate of drug-likeness (QED) is 0.611. The Morgan fingerprint density at radius 2 is 2.45 bits per heavy atom. The maximum absolute atomic E-state index is 10.4. The van der Waals surface area contributed by atoms with Crippen molar-refractivity contribution in [1.29, 1.82) is 5.39 Å². The highest BCUT2D eigenvalue weighted by Crippen LogP contribution is 2.15. The first kappa shape index (κ1) is 7.15. The van der Waals surface area contributed by atoms with E-state index < -0.39 is 5.97 Å². The van der Waals surface area contributed by atoms with Crippen LogP contribution in [-0.2, 0) is 0 Å². The average Bonchev–Trinajstić information content (AvgIpc) is 2.04. The Morgan fingerprint density at radius 3 is 2.91 bits per heavy atom. The van der Waals surface area contributed by atoms with Crippen LogP contribution in [-0.4, -0.2) is 16.1 Å². The number of rotatable bonds is 1. The number of pyridine rings is 1. The van der Waals surface area contributed by atoms with Gasteiger partial charge in [-0.3, -0.25) is 4.98 Å². The summed E-state index contributed by atoms with van der Waals surface area (Å²) in [7, 11) is 0. The molecule has 0 unspecified atom stereocenters. The van der Waals surface area contributed by atoms with Crippen LogP contribution in [0.1, 0.15) is 10.4 Å². The lowest BCUT2D eigenvalue weighted by atomic mass is 10.2. The van der Waals surface area contributed by atoms with Crippen LogP contribution in [0.25, 0.3) is 4.98 Å². The smallest absolute Gasteiger partial charge is 0.417 e. The van der Waals surface area contributed by atoms with Gasteiger partial charge in [0.25, 0.3) is 0 Å². The predicted octanol–water partition coefficient (Wildman–Crippen LogP) is 1.26. The van der Waals surface area contributed by atoms with Crippen molar-refractivity contribution in [1.82, 2.24) is 4.98 Å². The van der Waals surface area contributed by atoms with Gasteiger partial charge in [-0.25, -0.2) is 4.79 Å². The first-order chi connectivity index (χ1) is 5.25. The number of carboxylic acids is 1. The number of aromatic nitrogens is 1. The van der Waals surface area contributed by atoms with E-state index in [1.807, 2.05) is 0 Å². The normalized spacial score (nSPS) is 8.64. The summed E-state index contributed by atoms with van der Waals surface area (Å²) in [5, 5.41) is 16.8. The number of carbonyl (C=O) groups is 1. The average molecular weight is 150 g/mol. The highest BCUT2D eigenvalue weighted by atomic mass is 16.4. The lowest BCUT2D eigenvalue weighted by Gasteiger charge is -1.85. The van der Waals surface area contributed by atoms with Gasteiger partial charge in [0.05, 0.1) is 0 Å². The molecule has 0 spiro atoms. The maximum Gasteiger partial charge on any atom is 0.417 e. The van der Waals surface area contributed by atoms with Crippen molar-refractivity contribution in [3.8, 4) is 0 Å². The summed E-state index contributed by atoms with van der Waals surface area (Å²) in [5.41, 5.74) is -0.109. The second-order valence-electron chi connectivity index (χ2n) is 1.80. The van der Waals surface area contributed by atoms with Crippen LogP contribution in [0, 0.1) is 5.39 Å². The maximum atomic E-state index is 10.4. The van der Waals surface area contributed by atoms with Crippen LogP contribution in [0.15, 0.2) is 18.5 Å². The SMILES string of the molecule is N#[N+]c1cnccc1C(=O)O. The molecular formula is C6H4N3O2+. The van der Waals surface area contributed by atoms with Crippen LogP contribution in [0.4, 0.5) is 5.69 Å². The molecule has 1 heterocycles. The van der Waals surface area contributed by atoms with E-state index in [2.05, 4.69) is 9.96 Å². The van der Waals surface area contributed by atoms with Crippen molar-refractivity contribution in [3.63, 3.8) is 0 Å². The number of hydrogen-bond donors (Lipinski definition) is 1. The van der Waals surface area contributed by atoms with E-state index in [1.165, 1.54) is 18.5 Å². The molecule has 54 valence electrons. The second-order valence-corrected chi connectivity index (χ2v) is 1.80. The third-order valence-corrected chi connectivity index (χ3v) is 1.14. The van der Waals surface area contributed by atoms with Gasteiger partial charge in [0.15, 0.2) is 10.5 Å². The summed E-state index contributed by atoms with van der Waals surface area (Å²) in [6.45, 7) is 0. The van der Waals surface area contributed by atoms with Gasteiger partial charge in [-0.1, -0.05) is 0 Å². The predicted molar refractivity (Wildman–Crippen MR) is 35.9 cm³/mol.